The predicted molar refractivity (Wildman–Crippen MR) is 108 cm³/mol. The molecule has 3 heterocycles. The molecule has 0 radical (unpaired) electrons. The van der Waals surface area contributed by atoms with E-state index < -0.39 is 0 Å². The van der Waals surface area contributed by atoms with Crippen LogP contribution in [-0.4, -0.2) is 53.6 Å². The van der Waals surface area contributed by atoms with Crippen LogP contribution in [-0.2, 0) is 0 Å². The van der Waals surface area contributed by atoms with Crippen LogP contribution in [0.1, 0.15) is 64.2 Å². The molecule has 1 atom stereocenters. The second-order valence-corrected chi connectivity index (χ2v) is 8.53. The van der Waals surface area contributed by atoms with E-state index in [1.54, 1.807) is 0 Å². The van der Waals surface area contributed by atoms with Gasteiger partial charge >= 0.3 is 0 Å². The number of likely N-dealkylation sites (tertiary alicyclic amines) is 1. The minimum Gasteiger partial charge on any atom is -0.356 e. The minimum atomic E-state index is 0.498. The molecule has 1 aliphatic carbocycles. The second-order valence-electron chi connectivity index (χ2n) is 8.53. The molecule has 1 N–H and O–H groups in total. The first-order chi connectivity index (χ1) is 12.9. The SMILES string of the molecule is c1cc(N2CCCCCC2)nc(N[C@@H]2CCN(CC3CCCCC3)C2)n1. The van der Waals surface area contributed by atoms with Gasteiger partial charge in [-0.1, -0.05) is 32.1 Å². The molecule has 1 saturated carbocycles. The molecule has 4 rings (SSSR count). The van der Waals surface area contributed by atoms with Crippen molar-refractivity contribution in [3.8, 4) is 0 Å². The van der Waals surface area contributed by atoms with Gasteiger partial charge in [-0.3, -0.25) is 0 Å². The van der Waals surface area contributed by atoms with E-state index in [0.29, 0.717) is 6.04 Å². The Hall–Kier alpha value is -1.36. The molecule has 0 amide bonds. The van der Waals surface area contributed by atoms with Gasteiger partial charge in [-0.15, -0.1) is 0 Å². The van der Waals surface area contributed by atoms with Gasteiger partial charge in [-0.05, 0) is 44.1 Å². The number of anilines is 2. The average molecular weight is 358 g/mol. The van der Waals surface area contributed by atoms with Crippen LogP contribution >= 0.6 is 0 Å². The second kappa shape index (κ2) is 9.03. The van der Waals surface area contributed by atoms with Gasteiger partial charge in [0, 0.05) is 45.0 Å². The Morgan fingerprint density at radius 3 is 2.50 bits per heavy atom. The summed E-state index contributed by atoms with van der Waals surface area (Å²) in [6.45, 7) is 5.94. The van der Waals surface area contributed by atoms with Crippen LogP contribution < -0.4 is 10.2 Å². The van der Waals surface area contributed by atoms with Crippen LogP contribution in [0.3, 0.4) is 0 Å². The Labute approximate surface area is 158 Å². The summed E-state index contributed by atoms with van der Waals surface area (Å²) in [4.78, 5) is 14.4. The molecular formula is C21H35N5. The summed E-state index contributed by atoms with van der Waals surface area (Å²) >= 11 is 0. The zero-order valence-electron chi connectivity index (χ0n) is 16.2. The van der Waals surface area contributed by atoms with Crippen LogP contribution in [0.4, 0.5) is 11.8 Å². The molecule has 0 bridgehead atoms. The van der Waals surface area contributed by atoms with Gasteiger partial charge in [0.1, 0.15) is 5.82 Å². The first kappa shape index (κ1) is 18.0. The van der Waals surface area contributed by atoms with E-state index in [0.717, 1.165) is 37.3 Å². The summed E-state index contributed by atoms with van der Waals surface area (Å²) in [6.07, 6.45) is 15.6. The van der Waals surface area contributed by atoms with Gasteiger partial charge in [0.25, 0.3) is 0 Å². The zero-order chi connectivity index (χ0) is 17.6. The van der Waals surface area contributed by atoms with Crippen LogP contribution in [0, 0.1) is 5.92 Å². The van der Waals surface area contributed by atoms with Crippen LogP contribution in [0.5, 0.6) is 0 Å². The van der Waals surface area contributed by atoms with Gasteiger partial charge in [-0.2, -0.15) is 4.98 Å². The lowest BCUT2D eigenvalue weighted by Crippen LogP contribution is -2.31. The molecule has 0 unspecified atom stereocenters. The highest BCUT2D eigenvalue weighted by molar-refractivity contribution is 5.43. The minimum absolute atomic E-state index is 0.498. The normalized spacial score (nSPS) is 26.0. The van der Waals surface area contributed by atoms with Crippen molar-refractivity contribution in [2.75, 3.05) is 42.9 Å². The smallest absolute Gasteiger partial charge is 0.224 e. The van der Waals surface area contributed by atoms with E-state index in [1.165, 1.54) is 77.3 Å². The number of rotatable bonds is 5. The van der Waals surface area contributed by atoms with Crippen molar-refractivity contribution >= 4 is 11.8 Å². The standard InChI is InChI=1S/C21H35N5/c1-2-7-14-26(13-6-1)20-10-12-22-21(24-20)23-19-11-15-25(17-19)16-18-8-4-3-5-9-18/h10,12,18-19H,1-9,11,13-17H2,(H,22,23,24)/t19-/m1/s1. The summed E-state index contributed by atoms with van der Waals surface area (Å²) in [5.41, 5.74) is 0. The van der Waals surface area contributed by atoms with Crippen LogP contribution in [0.15, 0.2) is 12.3 Å². The summed E-state index contributed by atoms with van der Waals surface area (Å²) in [7, 11) is 0. The highest BCUT2D eigenvalue weighted by Gasteiger charge is 2.26. The molecule has 3 fully saturated rings. The van der Waals surface area contributed by atoms with Crippen molar-refractivity contribution in [2.24, 2.45) is 5.92 Å². The number of nitrogens with zero attached hydrogens (tertiary/aromatic N) is 4. The fourth-order valence-corrected chi connectivity index (χ4v) is 4.93. The molecule has 0 aromatic carbocycles. The summed E-state index contributed by atoms with van der Waals surface area (Å²) < 4.78 is 0. The van der Waals surface area contributed by atoms with Crippen molar-refractivity contribution in [1.82, 2.24) is 14.9 Å². The maximum atomic E-state index is 4.83. The Kier molecular flexibility index (Phi) is 6.26. The predicted octanol–water partition coefficient (Wildman–Crippen LogP) is 3.92. The lowest BCUT2D eigenvalue weighted by atomic mass is 9.89. The first-order valence-electron chi connectivity index (χ1n) is 10.9. The molecule has 5 nitrogen and oxygen atoms in total. The summed E-state index contributed by atoms with van der Waals surface area (Å²) in [5, 5.41) is 3.61. The largest absolute Gasteiger partial charge is 0.356 e. The Bertz CT molecular complexity index is 549. The molecule has 1 aromatic heterocycles. The molecule has 26 heavy (non-hydrogen) atoms. The average Bonchev–Trinajstić information content (AvgIpc) is 2.94. The molecule has 1 aromatic rings. The molecule has 2 aliphatic heterocycles. The topological polar surface area (TPSA) is 44.3 Å². The molecule has 2 saturated heterocycles. The van der Waals surface area contributed by atoms with Crippen molar-refractivity contribution in [3.63, 3.8) is 0 Å². The van der Waals surface area contributed by atoms with E-state index in [2.05, 4.69) is 26.2 Å². The van der Waals surface area contributed by atoms with E-state index in [9.17, 15) is 0 Å². The fraction of sp³-hybridized carbons (Fsp3) is 0.810. The Morgan fingerprint density at radius 2 is 1.69 bits per heavy atom. The van der Waals surface area contributed by atoms with Crippen LogP contribution in [0.25, 0.3) is 0 Å². The van der Waals surface area contributed by atoms with Crippen molar-refractivity contribution < 1.29 is 0 Å². The number of aromatic nitrogens is 2. The lowest BCUT2D eigenvalue weighted by Gasteiger charge is -2.26. The Balaban J connectivity index is 1.29. The first-order valence-corrected chi connectivity index (χ1v) is 10.9. The molecule has 3 aliphatic rings. The highest BCUT2D eigenvalue weighted by Crippen LogP contribution is 2.26. The lowest BCUT2D eigenvalue weighted by molar-refractivity contribution is 0.233. The van der Waals surface area contributed by atoms with Gasteiger partial charge in [-0.25, -0.2) is 4.98 Å². The van der Waals surface area contributed by atoms with E-state index in [4.69, 9.17) is 4.98 Å². The molecule has 144 valence electrons. The van der Waals surface area contributed by atoms with Gasteiger partial charge in [0.15, 0.2) is 0 Å². The third-order valence-corrected chi connectivity index (χ3v) is 6.42. The van der Waals surface area contributed by atoms with Crippen LogP contribution in [0.2, 0.25) is 0 Å². The fourth-order valence-electron chi connectivity index (χ4n) is 4.93. The molecule has 5 heteroatoms. The van der Waals surface area contributed by atoms with Gasteiger partial charge < -0.3 is 15.1 Å². The van der Waals surface area contributed by atoms with E-state index >= 15 is 0 Å². The number of hydrogen-bond donors (Lipinski definition) is 1. The zero-order valence-corrected chi connectivity index (χ0v) is 16.2. The van der Waals surface area contributed by atoms with Gasteiger partial charge in [0.2, 0.25) is 5.95 Å². The molecular weight excluding hydrogens is 322 g/mol. The summed E-state index contributed by atoms with van der Waals surface area (Å²) in [5.74, 6) is 2.85. The van der Waals surface area contributed by atoms with Crippen molar-refractivity contribution in [2.45, 2.75) is 70.3 Å². The van der Waals surface area contributed by atoms with E-state index in [-0.39, 0.29) is 0 Å². The summed E-state index contributed by atoms with van der Waals surface area (Å²) in [6, 6.07) is 2.57. The van der Waals surface area contributed by atoms with Crippen molar-refractivity contribution in [3.05, 3.63) is 12.3 Å². The molecule has 0 spiro atoms. The van der Waals surface area contributed by atoms with Gasteiger partial charge in [0.05, 0.1) is 0 Å². The highest BCUT2D eigenvalue weighted by atomic mass is 15.3. The third-order valence-electron chi connectivity index (χ3n) is 6.42. The maximum absolute atomic E-state index is 4.83. The third kappa shape index (κ3) is 4.87. The number of nitrogens with one attached hydrogen (secondary N) is 1. The number of hydrogen-bond acceptors (Lipinski definition) is 5. The van der Waals surface area contributed by atoms with E-state index in [1.807, 2.05) is 6.20 Å². The quantitative estimate of drug-likeness (QED) is 0.865. The maximum Gasteiger partial charge on any atom is 0.224 e. The monoisotopic (exact) mass is 357 g/mol. The van der Waals surface area contributed by atoms with Crippen molar-refractivity contribution in [1.29, 1.82) is 0 Å². The Morgan fingerprint density at radius 1 is 0.923 bits per heavy atom.